The Morgan fingerprint density at radius 1 is 1.11 bits per heavy atom. The van der Waals surface area contributed by atoms with E-state index in [4.69, 9.17) is 11.6 Å². The van der Waals surface area contributed by atoms with Crippen molar-refractivity contribution < 1.29 is 9.59 Å². The number of carbonyl (C=O) groups is 2. The lowest BCUT2D eigenvalue weighted by Gasteiger charge is -2.19. The highest BCUT2D eigenvalue weighted by Crippen LogP contribution is 2.23. The van der Waals surface area contributed by atoms with Crippen LogP contribution in [0.2, 0.25) is 5.02 Å². The van der Waals surface area contributed by atoms with Gasteiger partial charge >= 0.3 is 0 Å². The number of H-pyrrole nitrogens is 1. The van der Waals surface area contributed by atoms with E-state index in [1.54, 1.807) is 41.3 Å². The summed E-state index contributed by atoms with van der Waals surface area (Å²) in [5.74, 6) is -0.660. The number of aromatic amines is 1. The predicted octanol–water partition coefficient (Wildman–Crippen LogP) is 3.31. The molecule has 2 N–H and O–H groups in total. The van der Waals surface area contributed by atoms with Gasteiger partial charge in [0.2, 0.25) is 0 Å². The largest absolute Gasteiger partial charge is 0.339 e. The standard InChI is InChI=1S/C20H19ClN4O3/c1-3-25(4-2)20(28)15-10-9-12(11-16(15)21)22-19(27)17-13-7-5-6-8-14(13)18(26)24-23-17/h5-11H,3-4H2,1-2H3,(H,22,27)(H,24,26). The van der Waals surface area contributed by atoms with E-state index in [0.717, 1.165) is 0 Å². The Labute approximate surface area is 166 Å². The highest BCUT2D eigenvalue weighted by Gasteiger charge is 2.18. The van der Waals surface area contributed by atoms with Crippen LogP contribution in [0.4, 0.5) is 5.69 Å². The maximum atomic E-state index is 12.7. The van der Waals surface area contributed by atoms with Gasteiger partial charge < -0.3 is 10.2 Å². The molecule has 0 fully saturated rings. The summed E-state index contributed by atoms with van der Waals surface area (Å²) in [6.45, 7) is 4.95. The van der Waals surface area contributed by atoms with Crippen molar-refractivity contribution >= 4 is 39.9 Å². The second kappa shape index (κ2) is 8.22. The molecule has 0 saturated heterocycles. The number of nitrogens with zero attached hydrogens (tertiary/aromatic N) is 2. The van der Waals surface area contributed by atoms with Crippen LogP contribution in [-0.4, -0.2) is 40.0 Å². The van der Waals surface area contributed by atoms with E-state index in [1.165, 1.54) is 6.07 Å². The van der Waals surface area contributed by atoms with Crippen LogP contribution in [0, 0.1) is 0 Å². The summed E-state index contributed by atoms with van der Waals surface area (Å²) in [5.41, 5.74) is 0.517. The molecule has 0 unspecified atom stereocenters. The molecule has 144 valence electrons. The molecule has 0 spiro atoms. The van der Waals surface area contributed by atoms with E-state index in [1.807, 2.05) is 13.8 Å². The number of carbonyl (C=O) groups excluding carboxylic acids is 2. The third kappa shape index (κ3) is 3.75. The van der Waals surface area contributed by atoms with Gasteiger partial charge in [0.05, 0.1) is 16.0 Å². The number of amides is 2. The molecule has 3 rings (SSSR count). The van der Waals surface area contributed by atoms with Crippen molar-refractivity contribution in [3.8, 4) is 0 Å². The van der Waals surface area contributed by atoms with Crippen molar-refractivity contribution in [1.29, 1.82) is 0 Å². The fourth-order valence-electron chi connectivity index (χ4n) is 2.93. The van der Waals surface area contributed by atoms with Gasteiger partial charge in [0, 0.05) is 24.2 Å². The molecule has 0 aliphatic rings. The SMILES string of the molecule is CCN(CC)C(=O)c1ccc(NC(=O)c2n[nH]c(=O)c3ccccc23)cc1Cl. The molecule has 0 bridgehead atoms. The Balaban J connectivity index is 1.88. The first-order chi connectivity index (χ1) is 13.5. The zero-order valence-electron chi connectivity index (χ0n) is 15.5. The Bertz CT molecular complexity index is 1110. The molecule has 2 aromatic carbocycles. The summed E-state index contributed by atoms with van der Waals surface area (Å²) < 4.78 is 0. The van der Waals surface area contributed by atoms with E-state index < -0.39 is 5.91 Å². The van der Waals surface area contributed by atoms with E-state index >= 15 is 0 Å². The molecular formula is C20H19ClN4O3. The molecule has 0 atom stereocenters. The van der Waals surface area contributed by atoms with Gasteiger partial charge in [-0.1, -0.05) is 29.8 Å². The fourth-order valence-corrected chi connectivity index (χ4v) is 3.19. The Kier molecular flexibility index (Phi) is 5.75. The number of rotatable bonds is 5. The third-order valence-corrected chi connectivity index (χ3v) is 4.73. The van der Waals surface area contributed by atoms with Crippen LogP contribution in [0.3, 0.4) is 0 Å². The van der Waals surface area contributed by atoms with E-state index in [2.05, 4.69) is 15.5 Å². The van der Waals surface area contributed by atoms with Gasteiger partial charge in [-0.05, 0) is 38.1 Å². The zero-order valence-corrected chi connectivity index (χ0v) is 16.2. The van der Waals surface area contributed by atoms with Crippen LogP contribution in [0.5, 0.6) is 0 Å². The summed E-state index contributed by atoms with van der Waals surface area (Å²) in [4.78, 5) is 38.6. The molecule has 1 heterocycles. The Hall–Kier alpha value is -3.19. The van der Waals surface area contributed by atoms with Gasteiger partial charge in [-0.15, -0.1) is 0 Å². The molecule has 2 amide bonds. The van der Waals surface area contributed by atoms with Gasteiger partial charge in [0.1, 0.15) is 0 Å². The van der Waals surface area contributed by atoms with Crippen molar-refractivity contribution in [1.82, 2.24) is 15.1 Å². The van der Waals surface area contributed by atoms with Gasteiger partial charge in [0.15, 0.2) is 5.69 Å². The number of fused-ring (bicyclic) bond motifs is 1. The van der Waals surface area contributed by atoms with Gasteiger partial charge in [-0.25, -0.2) is 5.10 Å². The number of aromatic nitrogens is 2. The van der Waals surface area contributed by atoms with Crippen molar-refractivity contribution in [2.24, 2.45) is 0 Å². The lowest BCUT2D eigenvalue weighted by atomic mass is 10.1. The predicted molar refractivity (Wildman–Crippen MR) is 109 cm³/mol. The maximum Gasteiger partial charge on any atom is 0.276 e. The van der Waals surface area contributed by atoms with Crippen molar-refractivity contribution in [2.45, 2.75) is 13.8 Å². The second-order valence-electron chi connectivity index (χ2n) is 6.07. The summed E-state index contributed by atoms with van der Waals surface area (Å²) >= 11 is 6.27. The molecule has 7 nitrogen and oxygen atoms in total. The molecule has 1 aromatic heterocycles. The summed E-state index contributed by atoms with van der Waals surface area (Å²) in [6, 6.07) is 11.4. The average molecular weight is 399 g/mol. The molecular weight excluding hydrogens is 380 g/mol. The van der Waals surface area contributed by atoms with Gasteiger partial charge in [-0.2, -0.15) is 5.10 Å². The first-order valence-electron chi connectivity index (χ1n) is 8.83. The number of hydrogen-bond donors (Lipinski definition) is 2. The van der Waals surface area contributed by atoms with E-state index in [0.29, 0.717) is 35.1 Å². The number of benzene rings is 2. The monoisotopic (exact) mass is 398 g/mol. The molecule has 28 heavy (non-hydrogen) atoms. The van der Waals surface area contributed by atoms with Crippen LogP contribution < -0.4 is 10.9 Å². The summed E-state index contributed by atoms with van der Waals surface area (Å²) in [6.07, 6.45) is 0. The van der Waals surface area contributed by atoms with Crippen molar-refractivity contribution in [3.63, 3.8) is 0 Å². The molecule has 0 aliphatic carbocycles. The zero-order chi connectivity index (χ0) is 20.3. The molecule has 0 radical (unpaired) electrons. The quantitative estimate of drug-likeness (QED) is 0.689. The fraction of sp³-hybridized carbons (Fsp3) is 0.200. The van der Waals surface area contributed by atoms with Crippen LogP contribution in [0.1, 0.15) is 34.7 Å². The first-order valence-corrected chi connectivity index (χ1v) is 9.21. The minimum absolute atomic E-state index is 0.0922. The van der Waals surface area contributed by atoms with Crippen LogP contribution in [-0.2, 0) is 0 Å². The van der Waals surface area contributed by atoms with Crippen molar-refractivity contribution in [2.75, 3.05) is 18.4 Å². The van der Waals surface area contributed by atoms with Crippen LogP contribution >= 0.6 is 11.6 Å². The minimum atomic E-state index is -0.494. The Morgan fingerprint density at radius 3 is 2.43 bits per heavy atom. The van der Waals surface area contributed by atoms with Crippen LogP contribution in [0.25, 0.3) is 10.8 Å². The molecule has 0 aliphatic heterocycles. The van der Waals surface area contributed by atoms with Gasteiger partial charge in [0.25, 0.3) is 17.4 Å². The number of hydrogen-bond acceptors (Lipinski definition) is 4. The summed E-state index contributed by atoms with van der Waals surface area (Å²) in [5, 5.41) is 9.97. The highest BCUT2D eigenvalue weighted by atomic mass is 35.5. The van der Waals surface area contributed by atoms with Gasteiger partial charge in [-0.3, -0.25) is 14.4 Å². The topological polar surface area (TPSA) is 95.2 Å². The van der Waals surface area contributed by atoms with E-state index in [-0.39, 0.29) is 22.2 Å². The highest BCUT2D eigenvalue weighted by molar-refractivity contribution is 6.34. The lowest BCUT2D eigenvalue weighted by Crippen LogP contribution is -2.30. The molecule has 8 heteroatoms. The number of halogens is 1. The second-order valence-corrected chi connectivity index (χ2v) is 6.48. The average Bonchev–Trinajstić information content (AvgIpc) is 2.69. The number of anilines is 1. The molecule has 3 aromatic rings. The van der Waals surface area contributed by atoms with Crippen LogP contribution in [0.15, 0.2) is 47.3 Å². The maximum absolute atomic E-state index is 12.7. The lowest BCUT2D eigenvalue weighted by molar-refractivity contribution is 0.0773. The first kappa shape index (κ1) is 19.6. The number of nitrogens with one attached hydrogen (secondary N) is 2. The van der Waals surface area contributed by atoms with Crippen molar-refractivity contribution in [3.05, 3.63) is 69.1 Å². The smallest absolute Gasteiger partial charge is 0.276 e. The molecule has 0 saturated carbocycles. The third-order valence-electron chi connectivity index (χ3n) is 4.42. The van der Waals surface area contributed by atoms with E-state index in [9.17, 15) is 14.4 Å². The normalized spacial score (nSPS) is 10.7. The summed E-state index contributed by atoms with van der Waals surface area (Å²) in [7, 11) is 0. The minimum Gasteiger partial charge on any atom is -0.339 e. The Morgan fingerprint density at radius 2 is 1.79 bits per heavy atom.